The van der Waals surface area contributed by atoms with Gasteiger partial charge in [-0.1, -0.05) is 44.0 Å². The fraction of sp³-hybridized carbons (Fsp3) is 0.333. The molecular formula is C12H10Br2N2O. The molecule has 0 amide bonds. The van der Waals surface area contributed by atoms with Crippen molar-refractivity contribution >= 4 is 48.8 Å². The van der Waals surface area contributed by atoms with Gasteiger partial charge in [-0.3, -0.25) is 9.36 Å². The second kappa shape index (κ2) is 3.42. The van der Waals surface area contributed by atoms with Crippen molar-refractivity contribution in [3.8, 4) is 0 Å². The Morgan fingerprint density at radius 2 is 2.06 bits per heavy atom. The number of benzene rings is 1. The van der Waals surface area contributed by atoms with Gasteiger partial charge in [-0.2, -0.15) is 0 Å². The average Bonchev–Trinajstić information content (AvgIpc) is 2.67. The molecule has 3 nitrogen and oxygen atoms in total. The zero-order valence-corrected chi connectivity index (χ0v) is 12.3. The number of halogens is 2. The second-order valence-corrected chi connectivity index (χ2v) is 8.39. The van der Waals surface area contributed by atoms with Crippen molar-refractivity contribution in [1.82, 2.24) is 9.55 Å². The third kappa shape index (κ3) is 1.52. The second-order valence-electron chi connectivity index (χ2n) is 4.62. The number of imidazole rings is 1. The first-order chi connectivity index (χ1) is 7.96. The Bertz CT molecular complexity index is 620. The first-order valence-electron chi connectivity index (χ1n) is 5.30. The Labute approximate surface area is 115 Å². The zero-order chi connectivity index (χ0) is 12.3. The van der Waals surface area contributed by atoms with E-state index in [4.69, 9.17) is 0 Å². The Morgan fingerprint density at radius 1 is 1.41 bits per heavy atom. The summed E-state index contributed by atoms with van der Waals surface area (Å²) in [4.78, 5) is 16.7. The molecule has 1 saturated carbocycles. The highest BCUT2D eigenvalue weighted by Crippen LogP contribution is 2.66. The van der Waals surface area contributed by atoms with Gasteiger partial charge in [0, 0.05) is 0 Å². The van der Waals surface area contributed by atoms with Crippen LogP contribution < -0.4 is 0 Å². The van der Waals surface area contributed by atoms with Crippen LogP contribution in [0.1, 0.15) is 18.1 Å². The monoisotopic (exact) mass is 356 g/mol. The maximum atomic E-state index is 12.5. The van der Waals surface area contributed by atoms with Gasteiger partial charge >= 0.3 is 0 Å². The summed E-state index contributed by atoms with van der Waals surface area (Å²) in [5.41, 5.74) is 1.30. The number of fused-ring (bicyclic) bond motifs is 1. The number of hydrogen-bond acceptors (Lipinski definition) is 2. The van der Waals surface area contributed by atoms with Crippen LogP contribution in [0, 0.1) is 5.41 Å². The van der Waals surface area contributed by atoms with Gasteiger partial charge in [0.2, 0.25) is 5.91 Å². The molecular weight excluding hydrogens is 348 g/mol. The minimum atomic E-state index is -0.406. The van der Waals surface area contributed by atoms with Gasteiger partial charge in [-0.05, 0) is 25.5 Å². The van der Waals surface area contributed by atoms with E-state index >= 15 is 0 Å². The molecule has 0 unspecified atom stereocenters. The summed E-state index contributed by atoms with van der Waals surface area (Å²) in [6, 6.07) is 7.65. The Morgan fingerprint density at radius 3 is 2.71 bits per heavy atom. The van der Waals surface area contributed by atoms with Crippen molar-refractivity contribution in [2.24, 2.45) is 5.41 Å². The largest absolute Gasteiger partial charge is 0.273 e. The van der Waals surface area contributed by atoms with Crippen LogP contribution in [0.2, 0.25) is 0 Å². The summed E-state index contributed by atoms with van der Waals surface area (Å²) in [5, 5.41) is 0. The molecule has 0 radical (unpaired) electrons. The Balaban J connectivity index is 2.09. The number of hydrogen-bond donors (Lipinski definition) is 0. The summed E-state index contributed by atoms with van der Waals surface area (Å²) in [6.07, 6.45) is 2.39. The van der Waals surface area contributed by atoms with Crippen molar-refractivity contribution in [1.29, 1.82) is 0 Å². The zero-order valence-electron chi connectivity index (χ0n) is 9.15. The molecule has 88 valence electrons. The summed E-state index contributed by atoms with van der Waals surface area (Å²) in [6.45, 7) is 1.95. The van der Waals surface area contributed by atoms with Crippen LogP contribution in [0.25, 0.3) is 11.0 Å². The van der Waals surface area contributed by atoms with E-state index in [1.807, 2.05) is 31.2 Å². The Hall–Kier alpha value is -0.680. The first kappa shape index (κ1) is 11.4. The van der Waals surface area contributed by atoms with Gasteiger partial charge in [0.15, 0.2) is 0 Å². The number of para-hydroxylation sites is 2. The van der Waals surface area contributed by atoms with Gasteiger partial charge in [0.25, 0.3) is 0 Å². The molecule has 1 aromatic heterocycles. The minimum absolute atomic E-state index is 0.0694. The molecule has 0 aliphatic heterocycles. The molecule has 17 heavy (non-hydrogen) atoms. The van der Waals surface area contributed by atoms with Crippen LogP contribution in [0.15, 0.2) is 30.6 Å². The molecule has 1 atom stereocenters. The van der Waals surface area contributed by atoms with E-state index < -0.39 is 5.41 Å². The van der Waals surface area contributed by atoms with Crippen molar-refractivity contribution in [3.63, 3.8) is 0 Å². The lowest BCUT2D eigenvalue weighted by molar-refractivity contribution is 0.0831. The van der Waals surface area contributed by atoms with Crippen LogP contribution in [0.5, 0.6) is 0 Å². The minimum Gasteiger partial charge on any atom is -0.273 e. The number of carbonyl (C=O) groups excluding carboxylic acids is 1. The molecule has 1 aromatic carbocycles. The maximum absolute atomic E-state index is 12.5. The number of nitrogens with zero attached hydrogens (tertiary/aromatic N) is 2. The molecule has 5 heteroatoms. The van der Waals surface area contributed by atoms with Crippen LogP contribution >= 0.6 is 31.9 Å². The molecule has 1 aliphatic carbocycles. The fourth-order valence-electron chi connectivity index (χ4n) is 2.02. The number of aromatic nitrogens is 2. The number of rotatable bonds is 1. The summed E-state index contributed by atoms with van der Waals surface area (Å²) in [5.74, 6) is 0.0694. The van der Waals surface area contributed by atoms with Crippen LogP contribution in [0.3, 0.4) is 0 Å². The first-order valence-corrected chi connectivity index (χ1v) is 6.89. The van der Waals surface area contributed by atoms with Gasteiger partial charge in [-0.25, -0.2) is 4.98 Å². The molecule has 0 spiro atoms. The van der Waals surface area contributed by atoms with Crippen molar-refractivity contribution in [2.45, 2.75) is 16.6 Å². The van der Waals surface area contributed by atoms with E-state index in [1.54, 1.807) is 10.9 Å². The SMILES string of the molecule is C[C@]1(C(=O)n2cnc3ccccc32)CC1(Br)Br. The summed E-state index contributed by atoms with van der Waals surface area (Å²) in [7, 11) is 0. The summed E-state index contributed by atoms with van der Waals surface area (Å²) >= 11 is 7.04. The van der Waals surface area contributed by atoms with Crippen LogP contribution in [-0.2, 0) is 0 Å². The lowest BCUT2D eigenvalue weighted by Gasteiger charge is -2.12. The third-order valence-corrected chi connectivity index (χ3v) is 5.71. The van der Waals surface area contributed by atoms with E-state index in [9.17, 15) is 4.79 Å². The Kier molecular flexibility index (Phi) is 2.29. The molecule has 0 bridgehead atoms. The lowest BCUT2D eigenvalue weighted by Crippen LogP contribution is -2.24. The lowest BCUT2D eigenvalue weighted by atomic mass is 10.1. The summed E-state index contributed by atoms with van der Waals surface area (Å²) < 4.78 is 1.37. The molecule has 1 fully saturated rings. The van der Waals surface area contributed by atoms with E-state index in [-0.39, 0.29) is 9.14 Å². The maximum Gasteiger partial charge on any atom is 0.240 e. The van der Waals surface area contributed by atoms with Crippen molar-refractivity contribution in [3.05, 3.63) is 30.6 Å². The van der Waals surface area contributed by atoms with Gasteiger partial charge in [-0.15, -0.1) is 0 Å². The third-order valence-electron chi connectivity index (χ3n) is 3.40. The van der Waals surface area contributed by atoms with E-state index in [2.05, 4.69) is 36.8 Å². The predicted molar refractivity (Wildman–Crippen MR) is 73.7 cm³/mol. The van der Waals surface area contributed by atoms with Gasteiger partial charge < -0.3 is 0 Å². The van der Waals surface area contributed by atoms with Gasteiger partial charge in [0.1, 0.15) is 6.33 Å². The van der Waals surface area contributed by atoms with Crippen LogP contribution in [-0.4, -0.2) is 18.7 Å². The normalized spacial score (nSPS) is 26.1. The smallest absolute Gasteiger partial charge is 0.240 e. The molecule has 1 heterocycles. The topological polar surface area (TPSA) is 34.9 Å². The van der Waals surface area contributed by atoms with Crippen molar-refractivity contribution < 1.29 is 4.79 Å². The number of alkyl halides is 2. The molecule has 0 N–H and O–H groups in total. The quantitative estimate of drug-likeness (QED) is 0.731. The van der Waals surface area contributed by atoms with E-state index in [0.717, 1.165) is 17.5 Å². The average molecular weight is 358 g/mol. The van der Waals surface area contributed by atoms with E-state index in [0.29, 0.717) is 0 Å². The standard InChI is InChI=1S/C12H10Br2N2O/c1-11(6-12(11,13)14)10(17)16-7-15-8-4-2-3-5-9(8)16/h2-5,7H,6H2,1H3/t11-/m1/s1. The number of carbonyl (C=O) groups is 1. The molecule has 2 aromatic rings. The van der Waals surface area contributed by atoms with Crippen molar-refractivity contribution in [2.75, 3.05) is 0 Å². The molecule has 0 saturated heterocycles. The predicted octanol–water partition coefficient (Wildman–Crippen LogP) is 3.57. The highest BCUT2D eigenvalue weighted by atomic mass is 79.9. The van der Waals surface area contributed by atoms with E-state index in [1.165, 1.54) is 0 Å². The fourth-order valence-corrected chi connectivity index (χ4v) is 3.48. The molecule has 1 aliphatic rings. The highest BCUT2D eigenvalue weighted by Gasteiger charge is 2.67. The van der Waals surface area contributed by atoms with Gasteiger partial charge in [0.05, 0.1) is 19.7 Å². The highest BCUT2D eigenvalue weighted by molar-refractivity contribution is 9.25. The molecule has 3 rings (SSSR count). The van der Waals surface area contributed by atoms with Crippen LogP contribution in [0.4, 0.5) is 0 Å².